The third kappa shape index (κ3) is 1.92. The fraction of sp³-hybridized carbons (Fsp3) is 0.364. The zero-order valence-corrected chi connectivity index (χ0v) is 9.15. The topological polar surface area (TPSA) is 70.9 Å². The van der Waals surface area contributed by atoms with Gasteiger partial charge in [0.15, 0.2) is 0 Å². The lowest BCUT2D eigenvalue weighted by atomic mass is 10.1. The van der Waals surface area contributed by atoms with Gasteiger partial charge < -0.3 is 4.52 Å². The molecule has 0 amide bonds. The van der Waals surface area contributed by atoms with Crippen LogP contribution in [0.15, 0.2) is 29.2 Å². The number of hydrogen-bond acceptors (Lipinski definition) is 5. The van der Waals surface area contributed by atoms with E-state index in [1.807, 2.05) is 10.7 Å². The Hall–Kier alpha value is -2.13. The average Bonchev–Trinajstić information content (AvgIpc) is 2.94. The third-order valence-electron chi connectivity index (χ3n) is 2.92. The van der Waals surface area contributed by atoms with E-state index in [-0.39, 0.29) is 0 Å². The lowest BCUT2D eigenvalue weighted by molar-refractivity contribution is 0.0884. The van der Waals surface area contributed by atoms with Crippen LogP contribution in [0.25, 0.3) is 0 Å². The first-order valence-corrected chi connectivity index (χ1v) is 5.41. The fourth-order valence-electron chi connectivity index (χ4n) is 1.98. The highest BCUT2D eigenvalue weighted by atomic mass is 16.5. The maximum atomic E-state index is 8.71. The van der Waals surface area contributed by atoms with E-state index >= 15 is 0 Å². The molecule has 17 heavy (non-hydrogen) atoms. The molecule has 1 saturated heterocycles. The molecule has 3 heterocycles. The summed E-state index contributed by atoms with van der Waals surface area (Å²) in [4.78, 5) is 2.26. The predicted octanol–water partition coefficient (Wildman–Crippen LogP) is 0.800. The molecule has 1 fully saturated rings. The van der Waals surface area contributed by atoms with Crippen molar-refractivity contribution in [3.05, 3.63) is 36.0 Å². The molecule has 0 saturated carbocycles. The van der Waals surface area contributed by atoms with Gasteiger partial charge in [-0.1, -0.05) is 5.16 Å². The molecule has 6 nitrogen and oxygen atoms in total. The van der Waals surface area contributed by atoms with Crippen LogP contribution in [-0.2, 0) is 6.54 Å². The van der Waals surface area contributed by atoms with Gasteiger partial charge in [-0.05, 0) is 0 Å². The smallest absolute Gasteiger partial charge is 0.124 e. The second-order valence-electron chi connectivity index (χ2n) is 4.16. The van der Waals surface area contributed by atoms with Crippen molar-refractivity contribution < 1.29 is 4.52 Å². The standard InChI is InChI=1S/C11H11N5O/c12-3-9-4-13-16(5-9)11-7-15(8-11)6-10-1-2-17-14-10/h1-2,4-5,11H,6-8H2. The van der Waals surface area contributed by atoms with Crippen molar-refractivity contribution in [3.63, 3.8) is 0 Å². The van der Waals surface area contributed by atoms with E-state index in [0.717, 1.165) is 25.3 Å². The minimum absolute atomic E-state index is 0.365. The lowest BCUT2D eigenvalue weighted by Gasteiger charge is -2.38. The number of likely N-dealkylation sites (tertiary alicyclic amines) is 1. The maximum absolute atomic E-state index is 8.71. The Kier molecular flexibility index (Phi) is 2.38. The molecule has 86 valence electrons. The van der Waals surface area contributed by atoms with Crippen molar-refractivity contribution in [1.29, 1.82) is 5.26 Å². The van der Waals surface area contributed by atoms with Crippen LogP contribution >= 0.6 is 0 Å². The molecule has 0 radical (unpaired) electrons. The van der Waals surface area contributed by atoms with Crippen LogP contribution in [-0.4, -0.2) is 32.9 Å². The zero-order valence-electron chi connectivity index (χ0n) is 9.15. The number of rotatable bonds is 3. The molecule has 0 unspecified atom stereocenters. The normalized spacial score (nSPS) is 16.6. The Bertz CT molecular complexity index is 532. The van der Waals surface area contributed by atoms with Gasteiger partial charge in [-0.25, -0.2) is 0 Å². The van der Waals surface area contributed by atoms with Crippen LogP contribution < -0.4 is 0 Å². The van der Waals surface area contributed by atoms with Crippen molar-refractivity contribution >= 4 is 0 Å². The molecule has 2 aromatic rings. The summed E-state index contributed by atoms with van der Waals surface area (Å²) >= 11 is 0. The quantitative estimate of drug-likeness (QED) is 0.778. The molecule has 1 aliphatic heterocycles. The van der Waals surface area contributed by atoms with Crippen molar-refractivity contribution in [2.75, 3.05) is 13.1 Å². The van der Waals surface area contributed by atoms with Gasteiger partial charge in [0.25, 0.3) is 0 Å². The summed E-state index contributed by atoms with van der Waals surface area (Å²) in [6, 6.07) is 4.31. The fourth-order valence-corrected chi connectivity index (χ4v) is 1.98. The number of hydrogen-bond donors (Lipinski definition) is 0. The number of nitriles is 1. The van der Waals surface area contributed by atoms with Gasteiger partial charge in [0.2, 0.25) is 0 Å². The molecule has 0 atom stereocenters. The van der Waals surface area contributed by atoms with Gasteiger partial charge in [-0.15, -0.1) is 0 Å². The molecule has 1 aliphatic rings. The highest BCUT2D eigenvalue weighted by Gasteiger charge is 2.29. The Morgan fingerprint density at radius 3 is 3.06 bits per heavy atom. The van der Waals surface area contributed by atoms with E-state index in [1.54, 1.807) is 18.7 Å². The summed E-state index contributed by atoms with van der Waals surface area (Å²) in [6.07, 6.45) is 4.97. The first-order chi connectivity index (χ1) is 8.35. The largest absolute Gasteiger partial charge is 0.364 e. The van der Waals surface area contributed by atoms with Gasteiger partial charge >= 0.3 is 0 Å². The molecule has 3 rings (SSSR count). The third-order valence-corrected chi connectivity index (χ3v) is 2.92. The molecule has 0 aromatic carbocycles. The SMILES string of the molecule is N#Cc1cnn(C2CN(Cc3ccon3)C2)c1. The predicted molar refractivity (Wildman–Crippen MR) is 57.8 cm³/mol. The molecule has 0 aliphatic carbocycles. The van der Waals surface area contributed by atoms with Gasteiger partial charge in [-0.2, -0.15) is 10.4 Å². The minimum atomic E-state index is 0.365. The van der Waals surface area contributed by atoms with E-state index in [2.05, 4.69) is 21.2 Å². The first-order valence-electron chi connectivity index (χ1n) is 5.41. The monoisotopic (exact) mass is 229 g/mol. The Labute approximate surface area is 98.0 Å². The average molecular weight is 229 g/mol. The van der Waals surface area contributed by atoms with Gasteiger partial charge in [0.1, 0.15) is 12.3 Å². The van der Waals surface area contributed by atoms with Gasteiger partial charge in [0, 0.05) is 31.9 Å². The van der Waals surface area contributed by atoms with Crippen molar-refractivity contribution in [1.82, 2.24) is 19.8 Å². The van der Waals surface area contributed by atoms with Crippen molar-refractivity contribution in [2.24, 2.45) is 0 Å². The number of aromatic nitrogens is 3. The number of nitrogens with zero attached hydrogens (tertiary/aromatic N) is 5. The van der Waals surface area contributed by atoms with Crippen LogP contribution in [0, 0.1) is 11.3 Å². The van der Waals surface area contributed by atoms with Crippen LogP contribution in [0.4, 0.5) is 0 Å². The molecule has 0 N–H and O–H groups in total. The Balaban J connectivity index is 1.56. The van der Waals surface area contributed by atoms with E-state index in [1.165, 1.54) is 0 Å². The van der Waals surface area contributed by atoms with Gasteiger partial charge in [0.05, 0.1) is 23.5 Å². The highest BCUT2D eigenvalue weighted by molar-refractivity contribution is 5.22. The summed E-state index contributed by atoms with van der Waals surface area (Å²) in [5.41, 5.74) is 1.56. The summed E-state index contributed by atoms with van der Waals surface area (Å²) in [6.45, 7) is 2.66. The minimum Gasteiger partial charge on any atom is -0.364 e. The van der Waals surface area contributed by atoms with E-state index in [0.29, 0.717) is 11.6 Å². The molecular weight excluding hydrogens is 218 g/mol. The van der Waals surface area contributed by atoms with Crippen molar-refractivity contribution in [3.8, 4) is 6.07 Å². The van der Waals surface area contributed by atoms with Crippen LogP contribution in [0.2, 0.25) is 0 Å². The van der Waals surface area contributed by atoms with E-state index < -0.39 is 0 Å². The molecule has 0 bridgehead atoms. The molecular formula is C11H11N5O. The lowest BCUT2D eigenvalue weighted by Crippen LogP contribution is -2.47. The van der Waals surface area contributed by atoms with Crippen LogP contribution in [0.1, 0.15) is 17.3 Å². The van der Waals surface area contributed by atoms with E-state index in [9.17, 15) is 0 Å². The summed E-state index contributed by atoms with van der Waals surface area (Å²) in [5.74, 6) is 0. The summed E-state index contributed by atoms with van der Waals surface area (Å²) < 4.78 is 6.64. The highest BCUT2D eigenvalue weighted by Crippen LogP contribution is 2.22. The Morgan fingerprint density at radius 1 is 1.53 bits per heavy atom. The van der Waals surface area contributed by atoms with Gasteiger partial charge in [-0.3, -0.25) is 9.58 Å². The second kappa shape index (κ2) is 4.03. The Morgan fingerprint density at radius 2 is 2.41 bits per heavy atom. The van der Waals surface area contributed by atoms with Crippen molar-refractivity contribution in [2.45, 2.75) is 12.6 Å². The van der Waals surface area contributed by atoms with E-state index in [4.69, 9.17) is 9.78 Å². The first kappa shape index (κ1) is 10.1. The summed E-state index contributed by atoms with van der Waals surface area (Å²) in [7, 11) is 0. The molecule has 0 spiro atoms. The molecule has 6 heteroatoms. The van der Waals surface area contributed by atoms with Crippen LogP contribution in [0.5, 0.6) is 0 Å². The second-order valence-corrected chi connectivity index (χ2v) is 4.16. The summed E-state index contributed by atoms with van der Waals surface area (Å²) in [5, 5.41) is 16.8. The maximum Gasteiger partial charge on any atom is 0.124 e. The molecule has 2 aromatic heterocycles. The van der Waals surface area contributed by atoms with Crippen LogP contribution in [0.3, 0.4) is 0 Å². The zero-order chi connectivity index (χ0) is 11.7.